The Morgan fingerprint density at radius 1 is 0.848 bits per heavy atom. The van der Waals surface area contributed by atoms with Crippen LogP contribution in [0.15, 0.2) is 24.3 Å². The van der Waals surface area contributed by atoms with Gasteiger partial charge in [-0.25, -0.2) is 4.79 Å². The first-order valence-electron chi connectivity index (χ1n) is 16.3. The van der Waals surface area contributed by atoms with Crippen molar-refractivity contribution in [3.63, 3.8) is 0 Å². The van der Waals surface area contributed by atoms with Crippen molar-refractivity contribution in [2.75, 3.05) is 90.0 Å². The summed E-state index contributed by atoms with van der Waals surface area (Å²) >= 11 is 1.95. The summed E-state index contributed by atoms with van der Waals surface area (Å²) in [6.07, 6.45) is 4.91. The smallest absolute Gasteiger partial charge is 0.317 e. The summed E-state index contributed by atoms with van der Waals surface area (Å²) in [6.45, 7) is 3.15. The topological polar surface area (TPSA) is 181 Å². The van der Waals surface area contributed by atoms with Gasteiger partial charge in [-0.3, -0.25) is 29.2 Å². The molecule has 0 saturated carbocycles. The fourth-order valence-corrected chi connectivity index (χ4v) is 8.04. The molecule has 4 unspecified atom stereocenters. The molecule has 3 aliphatic heterocycles. The normalized spacial score (nSPS) is 25.7. The van der Waals surface area contributed by atoms with Crippen LogP contribution in [0.4, 0.5) is 10.5 Å². The number of thioether (sulfide) groups is 1. The molecule has 3 aliphatic rings. The largest absolute Gasteiger partial charge is 0.480 e. The van der Waals surface area contributed by atoms with Crippen LogP contribution in [-0.4, -0.2) is 166 Å². The third-order valence-corrected chi connectivity index (χ3v) is 10.6. The van der Waals surface area contributed by atoms with Crippen molar-refractivity contribution in [1.29, 1.82) is 0 Å². The Bertz CT molecular complexity index is 1120. The van der Waals surface area contributed by atoms with Gasteiger partial charge in [-0.2, -0.15) is 11.8 Å². The van der Waals surface area contributed by atoms with E-state index < -0.39 is 11.9 Å². The molecule has 4 atom stereocenters. The van der Waals surface area contributed by atoms with Gasteiger partial charge < -0.3 is 36.4 Å². The zero-order valence-corrected chi connectivity index (χ0v) is 27.4. The van der Waals surface area contributed by atoms with E-state index in [9.17, 15) is 34.8 Å². The van der Waals surface area contributed by atoms with Gasteiger partial charge >= 0.3 is 18.0 Å². The van der Waals surface area contributed by atoms with Crippen molar-refractivity contribution < 1.29 is 34.8 Å². The Morgan fingerprint density at radius 3 is 2.15 bits per heavy atom. The maximum Gasteiger partial charge on any atom is 0.317 e. The number of hydrogen-bond acceptors (Lipinski definition) is 11. The molecule has 15 heteroatoms. The number of nitrogens with one attached hydrogen (secondary N) is 3. The van der Waals surface area contributed by atoms with Crippen molar-refractivity contribution in [3.8, 4) is 0 Å². The summed E-state index contributed by atoms with van der Waals surface area (Å²) < 4.78 is 0. The number of fused-ring (bicyclic) bond motifs is 1. The number of aliphatic hydroxyl groups excluding tert-OH is 2. The maximum atomic E-state index is 11.9. The fourth-order valence-electron chi connectivity index (χ4n) is 6.49. The van der Waals surface area contributed by atoms with E-state index in [0.29, 0.717) is 57.5 Å². The second-order valence-corrected chi connectivity index (χ2v) is 13.7. The first-order chi connectivity index (χ1) is 22.2. The van der Waals surface area contributed by atoms with Crippen molar-refractivity contribution in [1.82, 2.24) is 30.2 Å². The number of unbranched alkanes of at least 4 members (excludes halogenated alkanes) is 2. The molecule has 46 heavy (non-hydrogen) atoms. The van der Waals surface area contributed by atoms with Gasteiger partial charge in [-0.1, -0.05) is 25.0 Å². The lowest BCUT2D eigenvalue weighted by molar-refractivity contribution is -0.141. The van der Waals surface area contributed by atoms with Gasteiger partial charge in [0, 0.05) is 75.1 Å². The number of carboxylic acid groups (broad SMARTS) is 2. The Hall–Kier alpha value is -2.66. The van der Waals surface area contributed by atoms with E-state index in [1.54, 1.807) is 0 Å². The van der Waals surface area contributed by atoms with Crippen LogP contribution in [0.1, 0.15) is 31.2 Å². The van der Waals surface area contributed by atoms with Gasteiger partial charge in [0.2, 0.25) is 0 Å². The quantitative estimate of drug-likeness (QED) is 0.0986. The number of nitrogens with zero attached hydrogens (tertiary/aromatic N) is 4. The van der Waals surface area contributed by atoms with Gasteiger partial charge in [0.25, 0.3) is 0 Å². The van der Waals surface area contributed by atoms with Crippen LogP contribution in [-0.2, 0) is 16.0 Å². The molecule has 0 radical (unpaired) electrons. The van der Waals surface area contributed by atoms with Gasteiger partial charge in [0.1, 0.15) is 0 Å². The zero-order valence-electron chi connectivity index (χ0n) is 26.6. The summed E-state index contributed by atoms with van der Waals surface area (Å²) in [7, 11) is 0. The summed E-state index contributed by atoms with van der Waals surface area (Å²) in [5.41, 5.74) is 2.03. The molecule has 1 aromatic rings. The minimum absolute atomic E-state index is 0.0423. The molecule has 14 nitrogen and oxygen atoms in total. The Labute approximate surface area is 275 Å². The number of anilines is 1. The predicted molar refractivity (Wildman–Crippen MR) is 177 cm³/mol. The average molecular weight is 666 g/mol. The van der Waals surface area contributed by atoms with Crippen LogP contribution in [0.2, 0.25) is 0 Å². The summed E-state index contributed by atoms with van der Waals surface area (Å²) in [4.78, 5) is 42.5. The number of carboxylic acids is 2. The molecule has 3 saturated heterocycles. The summed E-state index contributed by atoms with van der Waals surface area (Å²) in [5, 5.41) is 49.1. The van der Waals surface area contributed by atoms with E-state index in [4.69, 9.17) is 0 Å². The van der Waals surface area contributed by atoms with Gasteiger partial charge in [-0.15, -0.1) is 0 Å². The van der Waals surface area contributed by atoms with Crippen LogP contribution >= 0.6 is 11.8 Å². The zero-order chi connectivity index (χ0) is 32.9. The Morgan fingerprint density at radius 2 is 1.50 bits per heavy atom. The highest BCUT2D eigenvalue weighted by atomic mass is 32.2. The molecule has 4 rings (SSSR count). The minimum Gasteiger partial charge on any atom is -0.480 e. The molecule has 3 fully saturated rings. The van der Waals surface area contributed by atoms with Gasteiger partial charge in [0.15, 0.2) is 0 Å². The highest BCUT2D eigenvalue weighted by molar-refractivity contribution is 8.00. The number of aliphatic carboxylic acids is 2. The number of rotatable bonds is 15. The highest BCUT2D eigenvalue weighted by Gasteiger charge is 2.42. The molecular weight excluding hydrogens is 614 g/mol. The second-order valence-electron chi connectivity index (χ2n) is 12.5. The van der Waals surface area contributed by atoms with Crippen LogP contribution in [0.3, 0.4) is 0 Å². The molecule has 1 aromatic carbocycles. The van der Waals surface area contributed by atoms with Crippen LogP contribution in [0.25, 0.3) is 0 Å². The van der Waals surface area contributed by atoms with Crippen molar-refractivity contribution in [2.45, 2.75) is 55.5 Å². The number of carbonyl (C=O) groups is 3. The number of aliphatic hydroxyl groups is 2. The molecule has 258 valence electrons. The molecule has 0 aromatic heterocycles. The van der Waals surface area contributed by atoms with E-state index in [0.717, 1.165) is 49.2 Å². The molecule has 7 N–H and O–H groups in total. The third-order valence-electron chi connectivity index (χ3n) is 9.11. The Balaban J connectivity index is 1.32. The highest BCUT2D eigenvalue weighted by Crippen LogP contribution is 2.33. The molecular formula is C31H51N7O7S. The summed E-state index contributed by atoms with van der Waals surface area (Å²) in [5.74, 6) is -0.938. The summed E-state index contributed by atoms with van der Waals surface area (Å²) in [6, 6.07) is 8.31. The SMILES string of the molecule is O=C(O)CN1CCN(CO)CCN(CO)CCN(CC(=O)O)C(Cc2ccc(NCCCCCC3SCC4NC(=O)NC43)cc2)C1. The molecule has 0 bridgehead atoms. The van der Waals surface area contributed by atoms with E-state index in [-0.39, 0.29) is 50.7 Å². The lowest BCUT2D eigenvalue weighted by Gasteiger charge is -2.37. The van der Waals surface area contributed by atoms with Gasteiger partial charge in [0.05, 0.1) is 38.6 Å². The third kappa shape index (κ3) is 11.5. The lowest BCUT2D eigenvalue weighted by Crippen LogP contribution is -2.53. The average Bonchev–Trinajstić information content (AvgIpc) is 3.57. The maximum absolute atomic E-state index is 11.9. The number of hydrogen-bond donors (Lipinski definition) is 7. The number of urea groups is 1. The van der Waals surface area contributed by atoms with E-state index in [1.807, 2.05) is 55.6 Å². The van der Waals surface area contributed by atoms with E-state index in [1.165, 1.54) is 0 Å². The number of carbonyl (C=O) groups excluding carboxylic acids is 1. The van der Waals surface area contributed by atoms with Crippen molar-refractivity contribution in [3.05, 3.63) is 29.8 Å². The first-order valence-corrected chi connectivity index (χ1v) is 17.4. The lowest BCUT2D eigenvalue weighted by atomic mass is 10.0. The monoisotopic (exact) mass is 665 g/mol. The van der Waals surface area contributed by atoms with Crippen molar-refractivity contribution >= 4 is 35.4 Å². The van der Waals surface area contributed by atoms with Crippen molar-refractivity contribution in [2.24, 2.45) is 0 Å². The van der Waals surface area contributed by atoms with E-state index >= 15 is 0 Å². The number of benzene rings is 1. The second kappa shape index (κ2) is 18.6. The van der Waals surface area contributed by atoms with Crippen LogP contribution in [0, 0.1) is 0 Å². The van der Waals surface area contributed by atoms with Gasteiger partial charge in [-0.05, 0) is 37.0 Å². The molecule has 2 amide bonds. The molecule has 0 aliphatic carbocycles. The molecule has 0 spiro atoms. The minimum atomic E-state index is -0.961. The van der Waals surface area contributed by atoms with Crippen LogP contribution in [0.5, 0.6) is 0 Å². The number of amides is 2. The standard InChI is InChI=1S/C31H51N7O7S/c39-21-35-10-11-36(22-40)14-15-38(19-29(43)44)25(17-37(13-12-35)18-28(41)42)16-23-5-7-24(8-6-23)32-9-3-1-2-4-27-30-26(20-46-27)33-31(45)34-30/h5-8,25-27,30,32,39-40H,1-4,9-22H2,(H,41,42)(H,43,44)(H2,33,34,45). The molecule has 3 heterocycles. The fraction of sp³-hybridized carbons (Fsp3) is 0.710. The predicted octanol–water partition coefficient (Wildman–Crippen LogP) is 0.0258. The van der Waals surface area contributed by atoms with E-state index in [2.05, 4.69) is 16.0 Å². The van der Waals surface area contributed by atoms with Crippen LogP contribution < -0.4 is 16.0 Å². The first kappa shape index (κ1) is 36.2. The Kier molecular flexibility index (Phi) is 14.6.